The number of hydrogen-bond donors (Lipinski definition) is 4. The zero-order chi connectivity index (χ0) is 22.3. The van der Waals surface area contributed by atoms with Crippen LogP contribution in [0.2, 0.25) is 5.02 Å². The highest BCUT2D eigenvalue weighted by Gasteiger charge is 2.18. The number of carbonyl (C=O) groups is 1. The van der Waals surface area contributed by atoms with Crippen molar-refractivity contribution in [1.82, 2.24) is 15.5 Å². The predicted octanol–water partition coefficient (Wildman–Crippen LogP) is 4.27. The molecule has 2 heterocycles. The first kappa shape index (κ1) is 21.7. The molecule has 0 fully saturated rings. The third-order valence-corrected chi connectivity index (χ3v) is 5.25. The largest absolute Gasteiger partial charge is 0.394 e. The van der Waals surface area contributed by atoms with E-state index in [1.807, 2.05) is 54.6 Å². The van der Waals surface area contributed by atoms with Gasteiger partial charge in [0.15, 0.2) is 5.76 Å². The summed E-state index contributed by atoms with van der Waals surface area (Å²) in [5, 5.41) is 20.4. The molecule has 8 heteroatoms. The Balaban J connectivity index is 1.41. The molecule has 0 aliphatic carbocycles. The monoisotopic (exact) mass is 450 g/mol. The van der Waals surface area contributed by atoms with Crippen LogP contribution in [-0.2, 0) is 13.0 Å². The number of benzene rings is 2. The highest BCUT2D eigenvalue weighted by atomic mass is 35.5. The van der Waals surface area contributed by atoms with Gasteiger partial charge in [-0.3, -0.25) is 4.79 Å². The molecule has 32 heavy (non-hydrogen) atoms. The van der Waals surface area contributed by atoms with Crippen LogP contribution in [0, 0.1) is 0 Å². The van der Waals surface area contributed by atoms with Crippen LogP contribution < -0.4 is 10.6 Å². The molecule has 1 atom stereocenters. The van der Waals surface area contributed by atoms with Crippen molar-refractivity contribution in [3.8, 4) is 11.3 Å². The molecule has 0 unspecified atom stereocenters. The van der Waals surface area contributed by atoms with Gasteiger partial charge in [0.25, 0.3) is 5.91 Å². The van der Waals surface area contributed by atoms with E-state index in [-0.39, 0.29) is 12.5 Å². The van der Waals surface area contributed by atoms with E-state index >= 15 is 0 Å². The van der Waals surface area contributed by atoms with E-state index in [4.69, 9.17) is 16.1 Å². The average Bonchev–Trinajstić information content (AvgIpc) is 3.47. The summed E-state index contributed by atoms with van der Waals surface area (Å²) in [6.07, 6.45) is 3.82. The molecule has 0 saturated heterocycles. The van der Waals surface area contributed by atoms with Crippen LogP contribution in [0.1, 0.15) is 21.6 Å². The van der Waals surface area contributed by atoms with Gasteiger partial charge >= 0.3 is 0 Å². The van der Waals surface area contributed by atoms with Crippen molar-refractivity contribution >= 4 is 23.2 Å². The molecule has 4 N–H and O–H groups in total. The molecule has 4 rings (SSSR count). The number of carbonyl (C=O) groups excluding carboxylic acids is 1. The number of aromatic nitrogens is 2. The van der Waals surface area contributed by atoms with Gasteiger partial charge in [-0.05, 0) is 35.7 Å². The molecule has 164 valence electrons. The summed E-state index contributed by atoms with van der Waals surface area (Å²) >= 11 is 6.04. The number of aromatic amines is 1. The lowest BCUT2D eigenvalue weighted by molar-refractivity contribution is 0.0912. The zero-order valence-corrected chi connectivity index (χ0v) is 18.0. The maximum absolute atomic E-state index is 12.7. The molecular weight excluding hydrogens is 428 g/mol. The van der Waals surface area contributed by atoms with E-state index in [1.165, 1.54) is 0 Å². The van der Waals surface area contributed by atoms with E-state index in [2.05, 4.69) is 20.8 Å². The summed E-state index contributed by atoms with van der Waals surface area (Å²) < 4.78 is 5.41. The summed E-state index contributed by atoms with van der Waals surface area (Å²) in [4.78, 5) is 15.7. The topological polar surface area (TPSA) is 103 Å². The Morgan fingerprint density at radius 2 is 1.94 bits per heavy atom. The number of aliphatic hydroxyl groups excluding tert-OH is 1. The molecule has 4 aromatic rings. The minimum Gasteiger partial charge on any atom is -0.394 e. The lowest BCUT2D eigenvalue weighted by Gasteiger charge is -2.15. The van der Waals surface area contributed by atoms with Crippen molar-refractivity contribution in [1.29, 1.82) is 0 Å². The minimum absolute atomic E-state index is 0.159. The Morgan fingerprint density at radius 3 is 2.72 bits per heavy atom. The van der Waals surface area contributed by atoms with Crippen molar-refractivity contribution < 1.29 is 14.4 Å². The van der Waals surface area contributed by atoms with Crippen LogP contribution in [0.3, 0.4) is 0 Å². The number of H-pyrrole nitrogens is 1. The van der Waals surface area contributed by atoms with Gasteiger partial charge in [0.1, 0.15) is 11.4 Å². The van der Waals surface area contributed by atoms with Gasteiger partial charge in [-0.1, -0.05) is 59.2 Å². The van der Waals surface area contributed by atoms with Crippen molar-refractivity contribution in [2.45, 2.75) is 19.0 Å². The van der Waals surface area contributed by atoms with Crippen LogP contribution in [-0.4, -0.2) is 33.8 Å². The van der Waals surface area contributed by atoms with E-state index in [9.17, 15) is 9.90 Å². The normalized spacial score (nSPS) is 11.8. The van der Waals surface area contributed by atoms with E-state index in [0.717, 1.165) is 11.1 Å². The molecule has 2 aromatic heterocycles. The number of nitrogens with one attached hydrogen (secondary N) is 3. The number of amides is 1. The van der Waals surface area contributed by atoms with Crippen molar-refractivity contribution in [2.24, 2.45) is 0 Å². The molecule has 0 aliphatic rings. The molecule has 0 aliphatic heterocycles. The Labute approximate surface area is 190 Å². The fraction of sp³-hybridized carbons (Fsp3) is 0.167. The van der Waals surface area contributed by atoms with Crippen LogP contribution in [0.15, 0.2) is 77.6 Å². The number of rotatable bonds is 9. The quantitative estimate of drug-likeness (QED) is 0.305. The lowest BCUT2D eigenvalue weighted by Crippen LogP contribution is -2.39. The maximum atomic E-state index is 12.7. The molecule has 0 radical (unpaired) electrons. The first-order valence-corrected chi connectivity index (χ1v) is 10.6. The summed E-state index contributed by atoms with van der Waals surface area (Å²) in [6.45, 7) is 0.387. The third-order valence-electron chi connectivity index (χ3n) is 5.01. The summed E-state index contributed by atoms with van der Waals surface area (Å²) in [5.41, 5.74) is 3.81. The molecule has 2 aromatic carbocycles. The van der Waals surface area contributed by atoms with Gasteiger partial charge in [-0.2, -0.15) is 0 Å². The Kier molecular flexibility index (Phi) is 6.89. The highest BCUT2D eigenvalue weighted by Crippen LogP contribution is 2.29. The van der Waals surface area contributed by atoms with Gasteiger partial charge in [0, 0.05) is 23.3 Å². The van der Waals surface area contributed by atoms with Crippen LogP contribution in [0.4, 0.5) is 5.69 Å². The van der Waals surface area contributed by atoms with Crippen molar-refractivity contribution in [2.75, 3.05) is 11.9 Å². The minimum atomic E-state index is -0.392. The second-order valence-electron chi connectivity index (χ2n) is 7.40. The SMILES string of the molecule is O=C(N[C@@H](CO)Cc1ccccc1)c1cc(-c2oncc2NCc2cccc(Cl)c2)c[nH]1. The van der Waals surface area contributed by atoms with Crippen LogP contribution in [0.25, 0.3) is 11.3 Å². The maximum Gasteiger partial charge on any atom is 0.268 e. The average molecular weight is 451 g/mol. The third kappa shape index (κ3) is 5.38. The van der Waals surface area contributed by atoms with Crippen molar-refractivity contribution in [3.05, 3.63) is 94.9 Å². The summed E-state index contributed by atoms with van der Waals surface area (Å²) in [6, 6.07) is 18.6. The molecule has 0 spiro atoms. The molecule has 0 bridgehead atoms. The molecule has 1 amide bonds. The molecule has 7 nitrogen and oxygen atoms in total. The van der Waals surface area contributed by atoms with E-state index < -0.39 is 6.04 Å². The molecular formula is C24H23ClN4O3. The second-order valence-corrected chi connectivity index (χ2v) is 7.83. The Hall–Kier alpha value is -3.55. The van der Waals surface area contributed by atoms with Gasteiger partial charge < -0.3 is 25.2 Å². The first-order valence-electron chi connectivity index (χ1n) is 10.2. The van der Waals surface area contributed by atoms with Gasteiger partial charge in [-0.25, -0.2) is 0 Å². The number of hydrogen-bond acceptors (Lipinski definition) is 5. The number of nitrogens with zero attached hydrogens (tertiary/aromatic N) is 1. The standard InChI is InChI=1S/C24H23ClN4O3/c25-19-8-4-7-17(9-19)12-26-22-14-28-32-23(22)18-11-21(27-13-18)24(31)29-20(15-30)10-16-5-2-1-3-6-16/h1-9,11,13-14,20,26-27,30H,10,12,15H2,(H,29,31)/t20-/m1/s1. The summed E-state index contributed by atoms with van der Waals surface area (Å²) in [7, 11) is 0. The van der Waals surface area contributed by atoms with Gasteiger partial charge in [0.2, 0.25) is 0 Å². The van der Waals surface area contributed by atoms with Crippen LogP contribution in [0.5, 0.6) is 0 Å². The van der Waals surface area contributed by atoms with Crippen molar-refractivity contribution in [3.63, 3.8) is 0 Å². The van der Waals surface area contributed by atoms with Gasteiger partial charge in [0.05, 0.1) is 18.8 Å². The number of aliphatic hydroxyl groups is 1. The predicted molar refractivity (Wildman–Crippen MR) is 124 cm³/mol. The first-order chi connectivity index (χ1) is 15.6. The smallest absolute Gasteiger partial charge is 0.268 e. The fourth-order valence-electron chi connectivity index (χ4n) is 3.40. The summed E-state index contributed by atoms with van der Waals surface area (Å²) in [5.74, 6) is 0.213. The fourth-order valence-corrected chi connectivity index (χ4v) is 3.61. The highest BCUT2D eigenvalue weighted by molar-refractivity contribution is 6.30. The van der Waals surface area contributed by atoms with E-state index in [1.54, 1.807) is 18.5 Å². The Bertz CT molecular complexity index is 1170. The number of halogens is 1. The van der Waals surface area contributed by atoms with E-state index in [0.29, 0.717) is 40.7 Å². The lowest BCUT2D eigenvalue weighted by atomic mass is 10.1. The Morgan fingerprint density at radius 1 is 1.12 bits per heavy atom. The second kappa shape index (κ2) is 10.2. The number of anilines is 1. The molecule has 0 saturated carbocycles. The van der Waals surface area contributed by atoms with Crippen LogP contribution >= 0.6 is 11.6 Å². The zero-order valence-electron chi connectivity index (χ0n) is 17.2. The van der Waals surface area contributed by atoms with Gasteiger partial charge in [-0.15, -0.1) is 0 Å².